The number of rotatable bonds is 3. The molecule has 0 saturated carbocycles. The first-order chi connectivity index (χ1) is 11.6. The van der Waals surface area contributed by atoms with Crippen LogP contribution in [0, 0.1) is 5.21 Å². The second kappa shape index (κ2) is 6.99. The molecule has 0 bridgehead atoms. The Bertz CT molecular complexity index is 746. The number of amides is 2. The Hall–Kier alpha value is -3.09. The number of hydrogen-bond acceptors (Lipinski definition) is 4. The van der Waals surface area contributed by atoms with Crippen LogP contribution in [0.1, 0.15) is 22.3 Å². The normalized spacial score (nSPS) is 13.1. The van der Waals surface area contributed by atoms with Crippen molar-refractivity contribution in [3.8, 4) is 0 Å². The van der Waals surface area contributed by atoms with E-state index in [0.717, 1.165) is 25.1 Å². The van der Waals surface area contributed by atoms with E-state index in [1.54, 1.807) is 0 Å². The van der Waals surface area contributed by atoms with Crippen LogP contribution in [0.15, 0.2) is 48.8 Å². The summed E-state index contributed by atoms with van der Waals surface area (Å²) in [4.78, 5) is 26.0. The predicted octanol–water partition coefficient (Wildman–Crippen LogP) is 0.534. The van der Waals surface area contributed by atoms with E-state index in [1.165, 1.54) is 30.1 Å². The highest BCUT2D eigenvalue weighted by Crippen LogP contribution is 2.26. The highest BCUT2D eigenvalue weighted by molar-refractivity contribution is 5.95. The number of benzene rings is 1. The lowest BCUT2D eigenvalue weighted by Crippen LogP contribution is -2.47. The minimum atomic E-state index is -0.469. The zero-order valence-corrected chi connectivity index (χ0v) is 13.1. The van der Waals surface area contributed by atoms with Crippen molar-refractivity contribution >= 4 is 17.5 Å². The molecule has 7 heteroatoms. The van der Waals surface area contributed by atoms with Crippen molar-refractivity contribution in [2.75, 3.05) is 18.0 Å². The molecule has 1 aliphatic rings. The average Bonchev–Trinajstić information content (AvgIpc) is 2.61. The van der Waals surface area contributed by atoms with E-state index in [-0.39, 0.29) is 12.5 Å². The summed E-state index contributed by atoms with van der Waals surface area (Å²) >= 11 is 0. The van der Waals surface area contributed by atoms with Gasteiger partial charge in [-0.3, -0.25) is 20.4 Å². The SMILES string of the molecule is O=C(CN1CCCc2ccccc21)NNC(=O)c1cc[n+]([O-])cc1. The molecule has 2 N–H and O–H groups in total. The van der Waals surface area contributed by atoms with Gasteiger partial charge in [-0.25, -0.2) is 0 Å². The van der Waals surface area contributed by atoms with Gasteiger partial charge in [-0.1, -0.05) is 18.2 Å². The van der Waals surface area contributed by atoms with Crippen molar-refractivity contribution in [1.82, 2.24) is 10.9 Å². The minimum absolute atomic E-state index is 0.173. The number of nitrogens with zero attached hydrogens (tertiary/aromatic N) is 2. The van der Waals surface area contributed by atoms with E-state index < -0.39 is 5.91 Å². The van der Waals surface area contributed by atoms with E-state index in [9.17, 15) is 14.8 Å². The Morgan fingerprint density at radius 1 is 1.12 bits per heavy atom. The van der Waals surface area contributed by atoms with Crippen molar-refractivity contribution in [3.63, 3.8) is 0 Å². The average molecular weight is 326 g/mol. The first-order valence-corrected chi connectivity index (χ1v) is 7.74. The predicted molar refractivity (Wildman–Crippen MR) is 88.0 cm³/mol. The number of pyridine rings is 1. The van der Waals surface area contributed by atoms with Gasteiger partial charge in [0.05, 0.1) is 12.1 Å². The second-order valence-corrected chi connectivity index (χ2v) is 5.60. The summed E-state index contributed by atoms with van der Waals surface area (Å²) in [6.45, 7) is 0.979. The molecule has 2 amide bonds. The zero-order valence-electron chi connectivity index (χ0n) is 13.1. The van der Waals surface area contributed by atoms with Gasteiger partial charge in [0.15, 0.2) is 12.4 Å². The number of carbonyl (C=O) groups is 2. The third kappa shape index (κ3) is 3.62. The lowest BCUT2D eigenvalue weighted by molar-refractivity contribution is -0.605. The van der Waals surface area contributed by atoms with Crippen molar-refractivity contribution in [3.05, 3.63) is 65.1 Å². The van der Waals surface area contributed by atoms with Crippen LogP contribution in [0.2, 0.25) is 0 Å². The molecule has 0 spiro atoms. The van der Waals surface area contributed by atoms with E-state index in [0.29, 0.717) is 10.3 Å². The Balaban J connectivity index is 1.55. The summed E-state index contributed by atoms with van der Waals surface area (Å²) in [6, 6.07) is 10.8. The Labute approximate surface area is 139 Å². The minimum Gasteiger partial charge on any atom is -0.619 e. The number of carbonyl (C=O) groups excluding carboxylic acids is 2. The maximum atomic E-state index is 12.1. The molecule has 1 aromatic carbocycles. The number of aromatic nitrogens is 1. The fourth-order valence-corrected chi connectivity index (χ4v) is 2.75. The number of hydrazine groups is 1. The Kier molecular flexibility index (Phi) is 4.60. The zero-order chi connectivity index (χ0) is 16.9. The number of nitrogens with one attached hydrogen (secondary N) is 2. The molecule has 0 saturated heterocycles. The van der Waals surface area contributed by atoms with Crippen molar-refractivity contribution in [2.24, 2.45) is 0 Å². The summed E-state index contributed by atoms with van der Waals surface area (Å²) in [5, 5.41) is 10.9. The van der Waals surface area contributed by atoms with Gasteiger partial charge in [0.2, 0.25) is 0 Å². The molecule has 0 atom stereocenters. The molecule has 2 heterocycles. The van der Waals surface area contributed by atoms with Gasteiger partial charge in [0, 0.05) is 24.4 Å². The van der Waals surface area contributed by atoms with Crippen molar-refractivity contribution in [2.45, 2.75) is 12.8 Å². The molecular weight excluding hydrogens is 308 g/mol. The molecule has 0 fully saturated rings. The standard InChI is InChI=1S/C17H18N4O3/c22-16(18-19-17(23)14-7-10-21(24)11-8-14)12-20-9-3-5-13-4-1-2-6-15(13)20/h1-2,4,6-8,10-11H,3,5,9,12H2,(H,18,22)(H,19,23). The molecule has 1 aliphatic heterocycles. The molecule has 2 aromatic rings. The van der Waals surface area contributed by atoms with Crippen LogP contribution in [-0.4, -0.2) is 24.9 Å². The molecule has 7 nitrogen and oxygen atoms in total. The second-order valence-electron chi connectivity index (χ2n) is 5.60. The summed E-state index contributed by atoms with van der Waals surface area (Å²) in [5.74, 6) is -0.766. The van der Waals surface area contributed by atoms with Crippen LogP contribution in [0.5, 0.6) is 0 Å². The van der Waals surface area contributed by atoms with Crippen LogP contribution in [0.3, 0.4) is 0 Å². The maximum Gasteiger partial charge on any atom is 0.270 e. The number of aryl methyl sites for hydroxylation is 1. The van der Waals surface area contributed by atoms with Crippen molar-refractivity contribution in [1.29, 1.82) is 0 Å². The van der Waals surface area contributed by atoms with Gasteiger partial charge in [-0.2, -0.15) is 4.73 Å². The van der Waals surface area contributed by atoms with Gasteiger partial charge in [-0.15, -0.1) is 0 Å². The highest BCUT2D eigenvalue weighted by atomic mass is 16.5. The van der Waals surface area contributed by atoms with E-state index in [4.69, 9.17) is 0 Å². The van der Waals surface area contributed by atoms with Crippen LogP contribution in [0.4, 0.5) is 5.69 Å². The third-order valence-electron chi connectivity index (χ3n) is 3.92. The van der Waals surface area contributed by atoms with Crippen LogP contribution < -0.4 is 20.5 Å². The van der Waals surface area contributed by atoms with Gasteiger partial charge >= 0.3 is 0 Å². The quantitative estimate of drug-likeness (QED) is 0.489. The number of anilines is 1. The van der Waals surface area contributed by atoms with E-state index in [2.05, 4.69) is 16.9 Å². The molecular formula is C17H18N4O3. The number of fused-ring (bicyclic) bond motifs is 1. The van der Waals surface area contributed by atoms with Crippen molar-refractivity contribution < 1.29 is 14.3 Å². The first kappa shape index (κ1) is 15.8. The fraction of sp³-hybridized carbons (Fsp3) is 0.235. The van der Waals surface area contributed by atoms with Gasteiger partial charge in [0.1, 0.15) is 0 Å². The summed E-state index contributed by atoms with van der Waals surface area (Å²) < 4.78 is 0.586. The van der Waals surface area contributed by atoms with Crippen LogP contribution in [-0.2, 0) is 11.2 Å². The Morgan fingerprint density at radius 2 is 1.88 bits per heavy atom. The molecule has 1 aromatic heterocycles. The Morgan fingerprint density at radius 3 is 2.67 bits per heavy atom. The third-order valence-corrected chi connectivity index (χ3v) is 3.92. The smallest absolute Gasteiger partial charge is 0.270 e. The van der Waals surface area contributed by atoms with Crippen LogP contribution >= 0.6 is 0 Å². The molecule has 124 valence electrons. The summed E-state index contributed by atoms with van der Waals surface area (Å²) in [7, 11) is 0. The monoisotopic (exact) mass is 326 g/mol. The van der Waals surface area contributed by atoms with Gasteiger partial charge in [-0.05, 0) is 24.5 Å². The highest BCUT2D eigenvalue weighted by Gasteiger charge is 2.18. The molecule has 3 rings (SSSR count). The fourth-order valence-electron chi connectivity index (χ4n) is 2.75. The van der Waals surface area contributed by atoms with Gasteiger partial charge < -0.3 is 10.1 Å². The lowest BCUT2D eigenvalue weighted by Gasteiger charge is -2.30. The molecule has 0 unspecified atom stereocenters. The lowest BCUT2D eigenvalue weighted by atomic mass is 10.0. The number of hydrogen-bond donors (Lipinski definition) is 2. The molecule has 0 radical (unpaired) electrons. The molecule has 0 aliphatic carbocycles. The summed E-state index contributed by atoms with van der Waals surface area (Å²) in [6.07, 6.45) is 4.46. The largest absolute Gasteiger partial charge is 0.619 e. The summed E-state index contributed by atoms with van der Waals surface area (Å²) in [5.41, 5.74) is 7.36. The number of para-hydroxylation sites is 1. The van der Waals surface area contributed by atoms with E-state index >= 15 is 0 Å². The maximum absolute atomic E-state index is 12.1. The topological polar surface area (TPSA) is 88.4 Å². The van der Waals surface area contributed by atoms with E-state index in [1.807, 2.05) is 23.1 Å². The first-order valence-electron chi connectivity index (χ1n) is 7.74. The van der Waals surface area contributed by atoms with Crippen LogP contribution in [0.25, 0.3) is 0 Å². The van der Waals surface area contributed by atoms with Gasteiger partial charge in [0.25, 0.3) is 11.8 Å². The molecule has 24 heavy (non-hydrogen) atoms.